The third kappa shape index (κ3) is 2.85. The predicted molar refractivity (Wildman–Crippen MR) is 162 cm³/mol. The van der Waals surface area contributed by atoms with Crippen LogP contribution < -0.4 is 9.47 Å². The lowest BCUT2D eigenvalue weighted by molar-refractivity contribution is 0.362. The van der Waals surface area contributed by atoms with E-state index < -0.39 is 0 Å². The zero-order valence-corrected chi connectivity index (χ0v) is 21.4. The lowest BCUT2D eigenvalue weighted by atomic mass is 10.1. The van der Waals surface area contributed by atoms with Gasteiger partial charge in [0.25, 0.3) is 0 Å². The first-order chi connectivity index (χ1) is 19.9. The van der Waals surface area contributed by atoms with Gasteiger partial charge in [-0.15, -0.1) is 0 Å². The fraction of sp³-hybridized carbons (Fsp3) is 0. The first-order valence-corrected chi connectivity index (χ1v) is 13.5. The highest BCUT2D eigenvalue weighted by atomic mass is 16.6. The van der Waals surface area contributed by atoms with E-state index in [0.29, 0.717) is 5.75 Å². The second-order valence-electron chi connectivity index (χ2n) is 10.2. The standard InChI is InChI=1S/C36H22N2O2/c1-3-11-23(12-4-1)37-28-16-8-7-15-25(28)26-19-21-29-33(34(26)37)27-20-22-32-36(40-31-18-10-9-17-30(31)39-32)35(27)38(29)24-13-5-2-6-14-24/h1-22H. The third-order valence-electron chi connectivity index (χ3n) is 7.95. The van der Waals surface area contributed by atoms with Crippen LogP contribution in [-0.4, -0.2) is 9.13 Å². The van der Waals surface area contributed by atoms with E-state index in [0.717, 1.165) is 45.0 Å². The van der Waals surface area contributed by atoms with Crippen molar-refractivity contribution in [1.29, 1.82) is 0 Å². The van der Waals surface area contributed by atoms with E-state index >= 15 is 0 Å². The molecule has 1 aliphatic rings. The molecule has 0 N–H and O–H groups in total. The average molecular weight is 515 g/mol. The summed E-state index contributed by atoms with van der Waals surface area (Å²) in [5.74, 6) is 2.89. The minimum atomic E-state index is 0.714. The molecule has 0 saturated heterocycles. The fourth-order valence-electron chi connectivity index (χ4n) is 6.31. The van der Waals surface area contributed by atoms with Crippen molar-refractivity contribution in [3.05, 3.63) is 133 Å². The average Bonchev–Trinajstić information content (AvgIpc) is 3.54. The van der Waals surface area contributed by atoms with Crippen LogP contribution in [0.25, 0.3) is 55.0 Å². The van der Waals surface area contributed by atoms with E-state index in [2.05, 4.69) is 106 Å². The zero-order valence-electron chi connectivity index (χ0n) is 21.4. The Hall–Kier alpha value is -5.48. The molecule has 0 unspecified atom stereocenters. The molecule has 0 spiro atoms. The molecule has 2 aromatic heterocycles. The Balaban J connectivity index is 1.50. The second-order valence-corrected chi connectivity index (χ2v) is 10.2. The van der Waals surface area contributed by atoms with Crippen LogP contribution in [-0.2, 0) is 0 Å². The molecule has 4 heteroatoms. The van der Waals surface area contributed by atoms with Crippen LogP contribution >= 0.6 is 0 Å². The Morgan fingerprint density at radius 1 is 0.375 bits per heavy atom. The van der Waals surface area contributed by atoms with Gasteiger partial charge in [0.1, 0.15) is 5.52 Å². The van der Waals surface area contributed by atoms with E-state index in [-0.39, 0.29) is 0 Å². The molecule has 4 nitrogen and oxygen atoms in total. The molecule has 0 atom stereocenters. The summed E-state index contributed by atoms with van der Waals surface area (Å²) in [6.45, 7) is 0. The van der Waals surface area contributed by atoms with E-state index in [4.69, 9.17) is 9.47 Å². The minimum Gasteiger partial charge on any atom is -0.449 e. The quantitative estimate of drug-likeness (QED) is 0.230. The molecule has 1 aliphatic heterocycles. The van der Waals surface area contributed by atoms with Gasteiger partial charge < -0.3 is 18.6 Å². The van der Waals surface area contributed by atoms with Crippen LogP contribution in [0.15, 0.2) is 133 Å². The van der Waals surface area contributed by atoms with Crippen molar-refractivity contribution in [3.8, 4) is 34.4 Å². The SMILES string of the molecule is c1ccc(-n2c3ccc4c5ccccc5n(-c5ccccc5)c4c3c3ccc4c(c32)Oc2ccccc2O4)cc1. The first-order valence-electron chi connectivity index (χ1n) is 13.5. The fourth-order valence-corrected chi connectivity index (χ4v) is 6.31. The zero-order chi connectivity index (χ0) is 26.2. The summed E-state index contributed by atoms with van der Waals surface area (Å²) in [4.78, 5) is 0. The molecule has 0 amide bonds. The summed E-state index contributed by atoms with van der Waals surface area (Å²) in [5, 5.41) is 4.75. The smallest absolute Gasteiger partial charge is 0.194 e. The molecule has 40 heavy (non-hydrogen) atoms. The van der Waals surface area contributed by atoms with Gasteiger partial charge in [0.15, 0.2) is 23.0 Å². The number of fused-ring (bicyclic) bond motifs is 10. The van der Waals surface area contributed by atoms with Gasteiger partial charge in [0.05, 0.1) is 16.6 Å². The normalized spacial score (nSPS) is 12.4. The summed E-state index contributed by atoms with van der Waals surface area (Å²) >= 11 is 0. The first kappa shape index (κ1) is 21.5. The Bertz CT molecular complexity index is 2260. The van der Waals surface area contributed by atoms with Gasteiger partial charge in [-0.2, -0.15) is 0 Å². The van der Waals surface area contributed by atoms with Gasteiger partial charge in [0, 0.05) is 32.9 Å². The number of benzene rings is 6. The van der Waals surface area contributed by atoms with Gasteiger partial charge in [0.2, 0.25) is 0 Å². The number of para-hydroxylation sites is 5. The Labute approximate surface area is 229 Å². The molecule has 6 aromatic carbocycles. The van der Waals surface area contributed by atoms with Crippen LogP contribution in [0.4, 0.5) is 0 Å². The maximum atomic E-state index is 6.62. The number of nitrogens with zero attached hydrogens (tertiary/aromatic N) is 2. The van der Waals surface area contributed by atoms with Crippen LogP contribution in [0.5, 0.6) is 23.0 Å². The lowest BCUT2D eigenvalue weighted by Gasteiger charge is -2.22. The van der Waals surface area contributed by atoms with E-state index in [9.17, 15) is 0 Å². The van der Waals surface area contributed by atoms with E-state index in [1.54, 1.807) is 0 Å². The molecule has 0 fully saturated rings. The van der Waals surface area contributed by atoms with Crippen molar-refractivity contribution in [2.75, 3.05) is 0 Å². The van der Waals surface area contributed by atoms with Crippen molar-refractivity contribution < 1.29 is 9.47 Å². The molecule has 0 aliphatic carbocycles. The van der Waals surface area contributed by atoms with Gasteiger partial charge >= 0.3 is 0 Å². The maximum Gasteiger partial charge on any atom is 0.194 e. The van der Waals surface area contributed by atoms with Crippen molar-refractivity contribution in [1.82, 2.24) is 9.13 Å². The highest BCUT2D eigenvalue weighted by Gasteiger charge is 2.27. The van der Waals surface area contributed by atoms with Crippen molar-refractivity contribution in [3.63, 3.8) is 0 Å². The van der Waals surface area contributed by atoms with E-state index in [1.165, 1.54) is 27.2 Å². The second kappa shape index (κ2) is 8.01. The Morgan fingerprint density at radius 3 is 1.73 bits per heavy atom. The molecule has 0 radical (unpaired) electrons. The lowest BCUT2D eigenvalue weighted by Crippen LogP contribution is -2.01. The molecular formula is C36H22N2O2. The summed E-state index contributed by atoms with van der Waals surface area (Å²) < 4.78 is 17.7. The molecule has 0 saturated carbocycles. The van der Waals surface area contributed by atoms with Crippen LogP contribution in [0.2, 0.25) is 0 Å². The highest BCUT2D eigenvalue weighted by Crippen LogP contribution is 2.52. The van der Waals surface area contributed by atoms with Gasteiger partial charge in [-0.25, -0.2) is 0 Å². The molecule has 8 aromatic rings. The van der Waals surface area contributed by atoms with Crippen molar-refractivity contribution in [2.24, 2.45) is 0 Å². The third-order valence-corrected chi connectivity index (χ3v) is 7.95. The van der Waals surface area contributed by atoms with E-state index in [1.807, 2.05) is 36.4 Å². The summed E-state index contributed by atoms with van der Waals surface area (Å²) in [5.41, 5.74) is 6.67. The molecule has 188 valence electrons. The van der Waals surface area contributed by atoms with Gasteiger partial charge in [-0.3, -0.25) is 0 Å². The largest absolute Gasteiger partial charge is 0.449 e. The van der Waals surface area contributed by atoms with Crippen LogP contribution in [0.1, 0.15) is 0 Å². The number of aromatic nitrogens is 2. The van der Waals surface area contributed by atoms with Crippen molar-refractivity contribution >= 4 is 43.6 Å². The molecule has 3 heterocycles. The summed E-state index contributed by atoms with van der Waals surface area (Å²) in [7, 11) is 0. The minimum absolute atomic E-state index is 0.714. The van der Waals surface area contributed by atoms with Gasteiger partial charge in [-0.1, -0.05) is 72.8 Å². The molecular weight excluding hydrogens is 492 g/mol. The maximum absolute atomic E-state index is 6.62. The number of hydrogen-bond acceptors (Lipinski definition) is 2. The number of rotatable bonds is 2. The Morgan fingerprint density at radius 2 is 0.975 bits per heavy atom. The topological polar surface area (TPSA) is 28.3 Å². The summed E-state index contributed by atoms with van der Waals surface area (Å²) in [6, 6.07) is 46.3. The summed E-state index contributed by atoms with van der Waals surface area (Å²) in [6.07, 6.45) is 0. The van der Waals surface area contributed by atoms with Gasteiger partial charge in [-0.05, 0) is 60.7 Å². The Kier molecular flexibility index (Phi) is 4.30. The predicted octanol–water partition coefficient (Wildman–Crippen LogP) is 9.78. The van der Waals surface area contributed by atoms with Crippen LogP contribution in [0.3, 0.4) is 0 Å². The monoisotopic (exact) mass is 514 g/mol. The number of ether oxygens (including phenoxy) is 2. The number of hydrogen-bond donors (Lipinski definition) is 0. The highest BCUT2D eigenvalue weighted by molar-refractivity contribution is 6.27. The van der Waals surface area contributed by atoms with Crippen LogP contribution in [0, 0.1) is 0 Å². The molecule has 9 rings (SSSR count). The molecule has 0 bridgehead atoms. The van der Waals surface area contributed by atoms with Crippen molar-refractivity contribution in [2.45, 2.75) is 0 Å².